The highest BCUT2D eigenvalue weighted by molar-refractivity contribution is 5.49. The van der Waals surface area contributed by atoms with Crippen LogP contribution in [0.4, 0.5) is 5.82 Å². The van der Waals surface area contributed by atoms with E-state index in [0.717, 1.165) is 23.8 Å². The van der Waals surface area contributed by atoms with Crippen LogP contribution in [0.15, 0.2) is 0 Å². The molecule has 0 bridgehead atoms. The summed E-state index contributed by atoms with van der Waals surface area (Å²) in [5.74, 6) is 2.07. The molecule has 0 saturated carbocycles. The van der Waals surface area contributed by atoms with Gasteiger partial charge >= 0.3 is 0 Å². The fourth-order valence-electron chi connectivity index (χ4n) is 1.45. The quantitative estimate of drug-likeness (QED) is 0.838. The normalized spacial score (nSPS) is 11.4. The second-order valence-electron chi connectivity index (χ2n) is 5.18. The lowest BCUT2D eigenvalue weighted by atomic mass is 9.95. The van der Waals surface area contributed by atoms with Crippen molar-refractivity contribution in [2.24, 2.45) is 0 Å². The van der Waals surface area contributed by atoms with Gasteiger partial charge < -0.3 is 15.2 Å². The summed E-state index contributed by atoms with van der Waals surface area (Å²) < 4.78 is 5.47. The summed E-state index contributed by atoms with van der Waals surface area (Å²) >= 11 is 0. The molecule has 102 valence electrons. The number of ether oxygens (including phenoxy) is 1. The summed E-state index contributed by atoms with van der Waals surface area (Å²) in [6.07, 6.45) is 0. The molecule has 0 unspecified atom stereocenters. The van der Waals surface area contributed by atoms with E-state index in [1.807, 2.05) is 13.8 Å². The number of anilines is 1. The Morgan fingerprint density at radius 3 is 2.44 bits per heavy atom. The van der Waals surface area contributed by atoms with Gasteiger partial charge in [-0.2, -0.15) is 4.98 Å². The number of hydrogen-bond donors (Lipinski definition) is 2. The zero-order valence-corrected chi connectivity index (χ0v) is 11.9. The van der Waals surface area contributed by atoms with Crippen molar-refractivity contribution in [1.82, 2.24) is 9.97 Å². The monoisotopic (exact) mass is 253 g/mol. The Bertz CT molecular complexity index is 400. The van der Waals surface area contributed by atoms with Crippen molar-refractivity contribution in [2.75, 3.05) is 25.1 Å². The summed E-state index contributed by atoms with van der Waals surface area (Å²) in [4.78, 5) is 8.98. The minimum Gasteiger partial charge on any atom is -0.475 e. The van der Waals surface area contributed by atoms with Crippen LogP contribution in [0.5, 0.6) is 5.88 Å². The predicted molar refractivity (Wildman–Crippen MR) is 72.2 cm³/mol. The maximum Gasteiger partial charge on any atom is 0.221 e. The molecule has 0 aromatic carbocycles. The highest BCUT2D eigenvalue weighted by Crippen LogP contribution is 2.27. The molecule has 2 N–H and O–H groups in total. The molecular weight excluding hydrogens is 230 g/mol. The van der Waals surface area contributed by atoms with Crippen molar-refractivity contribution in [1.29, 1.82) is 0 Å². The van der Waals surface area contributed by atoms with Gasteiger partial charge in [-0.1, -0.05) is 20.8 Å². The van der Waals surface area contributed by atoms with Crippen LogP contribution in [0, 0.1) is 6.92 Å². The van der Waals surface area contributed by atoms with Crippen molar-refractivity contribution in [2.45, 2.75) is 40.0 Å². The third-order valence-corrected chi connectivity index (χ3v) is 2.45. The zero-order valence-electron chi connectivity index (χ0n) is 11.9. The molecule has 5 nitrogen and oxygen atoms in total. The van der Waals surface area contributed by atoms with Crippen LogP contribution in [-0.2, 0) is 5.41 Å². The van der Waals surface area contributed by atoms with E-state index in [1.54, 1.807) is 0 Å². The van der Waals surface area contributed by atoms with Gasteiger partial charge in [0.1, 0.15) is 18.2 Å². The smallest absolute Gasteiger partial charge is 0.221 e. The van der Waals surface area contributed by atoms with Crippen molar-refractivity contribution in [3.63, 3.8) is 0 Å². The first-order chi connectivity index (χ1) is 8.40. The SMILES string of the molecule is CCNc1nc(C(C)(C)C)nc(OCCO)c1C. The predicted octanol–water partition coefficient (Wildman–Crippen LogP) is 1.89. The fraction of sp³-hybridized carbons (Fsp3) is 0.692. The van der Waals surface area contributed by atoms with E-state index < -0.39 is 0 Å². The Kier molecular flexibility index (Phi) is 4.90. The summed E-state index contributed by atoms with van der Waals surface area (Å²) in [7, 11) is 0. The maximum atomic E-state index is 8.84. The molecular formula is C13H23N3O2. The number of aromatic nitrogens is 2. The fourth-order valence-corrected chi connectivity index (χ4v) is 1.45. The second kappa shape index (κ2) is 6.00. The molecule has 0 amide bonds. The number of nitrogens with one attached hydrogen (secondary N) is 1. The third kappa shape index (κ3) is 3.57. The van der Waals surface area contributed by atoms with Crippen molar-refractivity contribution in [3.8, 4) is 5.88 Å². The molecule has 0 radical (unpaired) electrons. The molecule has 0 saturated heterocycles. The van der Waals surface area contributed by atoms with Crippen molar-refractivity contribution >= 4 is 5.82 Å². The summed E-state index contributed by atoms with van der Waals surface area (Å²) in [5, 5.41) is 12.0. The van der Waals surface area contributed by atoms with E-state index in [9.17, 15) is 0 Å². The van der Waals surface area contributed by atoms with Gasteiger partial charge in [0.05, 0.1) is 12.2 Å². The topological polar surface area (TPSA) is 67.3 Å². The average molecular weight is 253 g/mol. The molecule has 0 spiro atoms. The highest BCUT2D eigenvalue weighted by atomic mass is 16.5. The Morgan fingerprint density at radius 1 is 1.28 bits per heavy atom. The molecule has 18 heavy (non-hydrogen) atoms. The summed E-state index contributed by atoms with van der Waals surface area (Å²) in [5.41, 5.74) is 0.730. The zero-order chi connectivity index (χ0) is 13.8. The van der Waals surface area contributed by atoms with E-state index in [-0.39, 0.29) is 18.6 Å². The van der Waals surface area contributed by atoms with Crippen LogP contribution in [-0.4, -0.2) is 34.8 Å². The molecule has 1 aromatic heterocycles. The van der Waals surface area contributed by atoms with Crippen LogP contribution in [0.3, 0.4) is 0 Å². The van der Waals surface area contributed by atoms with Crippen LogP contribution < -0.4 is 10.1 Å². The van der Waals surface area contributed by atoms with Crippen molar-refractivity contribution < 1.29 is 9.84 Å². The van der Waals surface area contributed by atoms with Gasteiger partial charge in [-0.15, -0.1) is 0 Å². The highest BCUT2D eigenvalue weighted by Gasteiger charge is 2.21. The van der Waals surface area contributed by atoms with Gasteiger partial charge in [0.25, 0.3) is 0 Å². The van der Waals surface area contributed by atoms with Gasteiger partial charge in [0, 0.05) is 12.0 Å². The first-order valence-electron chi connectivity index (χ1n) is 6.26. The standard InChI is InChI=1S/C13H23N3O2/c1-6-14-10-9(2)11(18-8-7-17)16-12(15-10)13(3,4)5/h17H,6-8H2,1-5H3,(H,14,15,16). The summed E-state index contributed by atoms with van der Waals surface area (Å²) in [6, 6.07) is 0. The maximum absolute atomic E-state index is 8.84. The van der Waals surface area contributed by atoms with Crippen LogP contribution in [0.25, 0.3) is 0 Å². The molecule has 1 aromatic rings. The summed E-state index contributed by atoms with van der Waals surface area (Å²) in [6.45, 7) is 11.1. The lowest BCUT2D eigenvalue weighted by Gasteiger charge is -2.20. The first-order valence-corrected chi connectivity index (χ1v) is 6.26. The van der Waals surface area contributed by atoms with E-state index in [0.29, 0.717) is 5.88 Å². The molecule has 0 atom stereocenters. The molecule has 5 heteroatoms. The molecule has 0 fully saturated rings. The van der Waals surface area contributed by atoms with Crippen LogP contribution in [0.1, 0.15) is 39.1 Å². The number of hydrogen-bond acceptors (Lipinski definition) is 5. The van der Waals surface area contributed by atoms with Gasteiger partial charge in [-0.25, -0.2) is 4.98 Å². The third-order valence-electron chi connectivity index (χ3n) is 2.45. The van der Waals surface area contributed by atoms with Gasteiger partial charge in [0.15, 0.2) is 0 Å². The number of aliphatic hydroxyl groups is 1. The van der Waals surface area contributed by atoms with Crippen LogP contribution in [0.2, 0.25) is 0 Å². The largest absolute Gasteiger partial charge is 0.475 e. The average Bonchev–Trinajstić information content (AvgIpc) is 2.29. The second-order valence-corrected chi connectivity index (χ2v) is 5.18. The number of rotatable bonds is 5. The lowest BCUT2D eigenvalue weighted by molar-refractivity contribution is 0.195. The molecule has 1 rings (SSSR count). The molecule has 0 aliphatic heterocycles. The van der Waals surface area contributed by atoms with Gasteiger partial charge in [0.2, 0.25) is 5.88 Å². The number of nitrogens with zero attached hydrogens (tertiary/aromatic N) is 2. The van der Waals surface area contributed by atoms with Gasteiger partial charge in [-0.05, 0) is 13.8 Å². The van der Waals surface area contributed by atoms with Crippen LogP contribution >= 0.6 is 0 Å². The molecule has 0 aliphatic rings. The number of aliphatic hydroxyl groups excluding tert-OH is 1. The Balaban J connectivity index is 3.18. The van der Waals surface area contributed by atoms with E-state index in [1.165, 1.54) is 0 Å². The lowest BCUT2D eigenvalue weighted by Crippen LogP contribution is -2.19. The Hall–Kier alpha value is -1.36. The van der Waals surface area contributed by atoms with E-state index in [4.69, 9.17) is 9.84 Å². The van der Waals surface area contributed by atoms with E-state index in [2.05, 4.69) is 36.1 Å². The van der Waals surface area contributed by atoms with Crippen molar-refractivity contribution in [3.05, 3.63) is 11.4 Å². The molecule has 1 heterocycles. The van der Waals surface area contributed by atoms with Gasteiger partial charge in [-0.3, -0.25) is 0 Å². The van der Waals surface area contributed by atoms with E-state index >= 15 is 0 Å². The Morgan fingerprint density at radius 2 is 1.94 bits per heavy atom. The minimum atomic E-state index is -0.144. The first kappa shape index (κ1) is 14.7. The minimum absolute atomic E-state index is 0.0230. The Labute approximate surface area is 109 Å². The molecule has 0 aliphatic carbocycles.